The molecule has 6 nitrogen and oxygen atoms in total. The van der Waals surface area contributed by atoms with E-state index in [1.165, 1.54) is 19.2 Å². The standard InChI is InChI=1S/C15H16N2O4/c1-20-12-6-3-11(4-7-12)5-8-13-14(17(18)19)9-10-15(16-13)21-2/h3-4,6-7,9-10H,5,8H2,1-2H3. The highest BCUT2D eigenvalue weighted by atomic mass is 16.6. The van der Waals surface area contributed by atoms with Crippen LogP contribution in [0.3, 0.4) is 0 Å². The second kappa shape index (κ2) is 6.69. The van der Waals surface area contributed by atoms with E-state index in [1.807, 2.05) is 24.3 Å². The Balaban J connectivity index is 2.15. The molecule has 0 aliphatic carbocycles. The van der Waals surface area contributed by atoms with Gasteiger partial charge in [0.15, 0.2) is 0 Å². The summed E-state index contributed by atoms with van der Waals surface area (Å²) in [5.41, 5.74) is 1.51. The number of nitro groups is 1. The molecule has 0 spiro atoms. The Labute approximate surface area is 122 Å². The van der Waals surface area contributed by atoms with Crippen molar-refractivity contribution in [3.05, 3.63) is 57.8 Å². The minimum atomic E-state index is -0.421. The predicted octanol–water partition coefficient (Wildman–Crippen LogP) is 2.79. The van der Waals surface area contributed by atoms with E-state index in [4.69, 9.17) is 9.47 Å². The van der Waals surface area contributed by atoms with Crippen molar-refractivity contribution < 1.29 is 14.4 Å². The van der Waals surface area contributed by atoms with Crippen LogP contribution in [0.5, 0.6) is 11.6 Å². The summed E-state index contributed by atoms with van der Waals surface area (Å²) in [6, 6.07) is 10.5. The Morgan fingerprint density at radius 2 is 1.76 bits per heavy atom. The molecule has 1 aromatic heterocycles. The Morgan fingerprint density at radius 1 is 1.05 bits per heavy atom. The lowest BCUT2D eigenvalue weighted by Crippen LogP contribution is -2.02. The second-order valence-electron chi connectivity index (χ2n) is 4.42. The first-order chi connectivity index (χ1) is 10.1. The van der Waals surface area contributed by atoms with Gasteiger partial charge in [0.05, 0.1) is 19.1 Å². The van der Waals surface area contributed by atoms with Gasteiger partial charge in [0.25, 0.3) is 5.69 Å². The lowest BCUT2D eigenvalue weighted by Gasteiger charge is -2.06. The van der Waals surface area contributed by atoms with E-state index in [9.17, 15) is 10.1 Å². The van der Waals surface area contributed by atoms with E-state index in [2.05, 4.69) is 4.98 Å². The molecule has 0 saturated carbocycles. The normalized spacial score (nSPS) is 10.2. The van der Waals surface area contributed by atoms with Gasteiger partial charge in [0, 0.05) is 18.6 Å². The number of nitrogens with zero attached hydrogens (tertiary/aromatic N) is 2. The molecule has 1 heterocycles. The third-order valence-corrected chi connectivity index (χ3v) is 3.14. The minimum absolute atomic E-state index is 0.0179. The lowest BCUT2D eigenvalue weighted by molar-refractivity contribution is -0.386. The fourth-order valence-corrected chi connectivity index (χ4v) is 1.99. The Hall–Kier alpha value is -2.63. The van der Waals surface area contributed by atoms with Crippen molar-refractivity contribution in [1.29, 1.82) is 0 Å². The SMILES string of the molecule is COc1ccc(CCc2nc(OC)ccc2[N+](=O)[O-])cc1. The highest BCUT2D eigenvalue weighted by Gasteiger charge is 2.16. The summed E-state index contributed by atoms with van der Waals surface area (Å²) < 4.78 is 10.1. The molecule has 0 unspecified atom stereocenters. The molecular weight excluding hydrogens is 272 g/mol. The number of aryl methyl sites for hydroxylation is 2. The van der Waals surface area contributed by atoms with Gasteiger partial charge in [-0.05, 0) is 24.1 Å². The first-order valence-corrected chi connectivity index (χ1v) is 6.45. The quantitative estimate of drug-likeness (QED) is 0.603. The van der Waals surface area contributed by atoms with Crippen molar-refractivity contribution in [3.63, 3.8) is 0 Å². The zero-order chi connectivity index (χ0) is 15.2. The molecule has 0 N–H and O–H groups in total. The van der Waals surface area contributed by atoms with E-state index in [0.29, 0.717) is 24.4 Å². The zero-order valence-corrected chi connectivity index (χ0v) is 11.9. The molecule has 6 heteroatoms. The maximum absolute atomic E-state index is 11.0. The summed E-state index contributed by atoms with van der Waals surface area (Å²) in [4.78, 5) is 14.8. The summed E-state index contributed by atoms with van der Waals surface area (Å²) >= 11 is 0. The van der Waals surface area contributed by atoms with Crippen molar-refractivity contribution in [1.82, 2.24) is 4.98 Å². The average Bonchev–Trinajstić information content (AvgIpc) is 2.52. The number of aromatic nitrogens is 1. The van der Waals surface area contributed by atoms with Crippen LogP contribution in [0.25, 0.3) is 0 Å². The van der Waals surface area contributed by atoms with Crippen molar-refractivity contribution in [2.45, 2.75) is 12.8 Å². The van der Waals surface area contributed by atoms with Gasteiger partial charge < -0.3 is 9.47 Å². The molecular formula is C15H16N2O4. The van der Waals surface area contributed by atoms with Gasteiger partial charge in [-0.1, -0.05) is 12.1 Å². The largest absolute Gasteiger partial charge is 0.497 e. The first kappa shape index (κ1) is 14.8. The average molecular weight is 288 g/mol. The van der Waals surface area contributed by atoms with Crippen LogP contribution in [0.2, 0.25) is 0 Å². The van der Waals surface area contributed by atoms with Gasteiger partial charge in [0.2, 0.25) is 5.88 Å². The van der Waals surface area contributed by atoms with Crippen LogP contribution in [0, 0.1) is 10.1 Å². The molecule has 21 heavy (non-hydrogen) atoms. The summed E-state index contributed by atoms with van der Waals surface area (Å²) in [5, 5.41) is 11.0. The molecule has 0 radical (unpaired) electrons. The van der Waals surface area contributed by atoms with Gasteiger partial charge >= 0.3 is 0 Å². The maximum atomic E-state index is 11.0. The number of hydrogen-bond donors (Lipinski definition) is 0. The van der Waals surface area contributed by atoms with Crippen LogP contribution >= 0.6 is 0 Å². The predicted molar refractivity (Wildman–Crippen MR) is 77.8 cm³/mol. The Kier molecular flexibility index (Phi) is 4.71. The summed E-state index contributed by atoms with van der Waals surface area (Å²) in [5.74, 6) is 1.16. The van der Waals surface area contributed by atoms with Gasteiger partial charge in [0.1, 0.15) is 11.4 Å². The highest BCUT2D eigenvalue weighted by Crippen LogP contribution is 2.22. The number of benzene rings is 1. The van der Waals surface area contributed by atoms with Crippen molar-refractivity contribution >= 4 is 5.69 Å². The van der Waals surface area contributed by atoms with E-state index in [-0.39, 0.29) is 5.69 Å². The number of hydrogen-bond acceptors (Lipinski definition) is 5. The molecule has 0 aliphatic heterocycles. The lowest BCUT2D eigenvalue weighted by atomic mass is 10.1. The van der Waals surface area contributed by atoms with Gasteiger partial charge in [-0.2, -0.15) is 0 Å². The van der Waals surface area contributed by atoms with E-state index in [1.54, 1.807) is 7.11 Å². The maximum Gasteiger partial charge on any atom is 0.291 e. The molecule has 1 aromatic carbocycles. The molecule has 2 aromatic rings. The van der Waals surface area contributed by atoms with Crippen molar-refractivity contribution in [2.24, 2.45) is 0 Å². The van der Waals surface area contributed by atoms with Crippen LogP contribution < -0.4 is 9.47 Å². The van der Waals surface area contributed by atoms with Gasteiger partial charge in [-0.3, -0.25) is 10.1 Å². The minimum Gasteiger partial charge on any atom is -0.497 e. The molecule has 0 saturated heterocycles. The monoisotopic (exact) mass is 288 g/mol. The van der Waals surface area contributed by atoms with Crippen LogP contribution in [0.1, 0.15) is 11.3 Å². The zero-order valence-electron chi connectivity index (χ0n) is 11.9. The van der Waals surface area contributed by atoms with Crippen LogP contribution in [-0.2, 0) is 12.8 Å². The molecule has 0 bridgehead atoms. The van der Waals surface area contributed by atoms with Crippen molar-refractivity contribution in [2.75, 3.05) is 14.2 Å². The fourth-order valence-electron chi connectivity index (χ4n) is 1.99. The highest BCUT2D eigenvalue weighted by molar-refractivity contribution is 5.38. The molecule has 0 atom stereocenters. The number of rotatable bonds is 6. The first-order valence-electron chi connectivity index (χ1n) is 6.45. The molecule has 0 aliphatic rings. The van der Waals surface area contributed by atoms with Crippen LogP contribution in [-0.4, -0.2) is 24.1 Å². The summed E-state index contributed by atoms with van der Waals surface area (Å²) in [6.45, 7) is 0. The van der Waals surface area contributed by atoms with Gasteiger partial charge in [-0.25, -0.2) is 4.98 Å². The topological polar surface area (TPSA) is 74.5 Å². The molecule has 0 amide bonds. The second-order valence-corrected chi connectivity index (χ2v) is 4.42. The summed E-state index contributed by atoms with van der Waals surface area (Å²) in [7, 11) is 3.10. The Bertz CT molecular complexity index is 626. The fraction of sp³-hybridized carbons (Fsp3) is 0.267. The number of pyridine rings is 1. The smallest absolute Gasteiger partial charge is 0.291 e. The summed E-state index contributed by atoms with van der Waals surface area (Å²) in [6.07, 6.45) is 1.13. The van der Waals surface area contributed by atoms with E-state index in [0.717, 1.165) is 11.3 Å². The molecule has 0 fully saturated rings. The number of ether oxygens (including phenoxy) is 2. The van der Waals surface area contributed by atoms with E-state index < -0.39 is 4.92 Å². The van der Waals surface area contributed by atoms with Gasteiger partial charge in [-0.15, -0.1) is 0 Å². The van der Waals surface area contributed by atoms with E-state index >= 15 is 0 Å². The van der Waals surface area contributed by atoms with Crippen LogP contribution in [0.15, 0.2) is 36.4 Å². The Morgan fingerprint density at radius 3 is 2.33 bits per heavy atom. The molecule has 2 rings (SSSR count). The number of methoxy groups -OCH3 is 2. The third kappa shape index (κ3) is 3.68. The van der Waals surface area contributed by atoms with Crippen LogP contribution in [0.4, 0.5) is 5.69 Å². The van der Waals surface area contributed by atoms with Crippen molar-refractivity contribution in [3.8, 4) is 11.6 Å². The third-order valence-electron chi connectivity index (χ3n) is 3.14. The molecule has 110 valence electrons.